The van der Waals surface area contributed by atoms with Crippen LogP contribution in [0.25, 0.3) is 0 Å². The summed E-state index contributed by atoms with van der Waals surface area (Å²) in [6, 6.07) is 9.46. The number of anilines is 2. The zero-order valence-electron chi connectivity index (χ0n) is 12.5. The van der Waals surface area contributed by atoms with Crippen molar-refractivity contribution >= 4 is 11.4 Å². The van der Waals surface area contributed by atoms with E-state index in [1.165, 1.54) is 56.6 Å². The lowest BCUT2D eigenvalue weighted by Crippen LogP contribution is -2.31. The summed E-state index contributed by atoms with van der Waals surface area (Å²) in [6.45, 7) is 2.41. The Balaban J connectivity index is 1.63. The molecule has 0 radical (unpaired) electrons. The molecule has 0 amide bonds. The Morgan fingerprint density at radius 2 is 2.00 bits per heavy atom. The van der Waals surface area contributed by atoms with Gasteiger partial charge in [0.05, 0.1) is 6.10 Å². The van der Waals surface area contributed by atoms with E-state index in [9.17, 15) is 0 Å². The van der Waals surface area contributed by atoms with Crippen LogP contribution in [0.1, 0.15) is 38.5 Å². The molecular formula is C17H26N2O. The summed E-state index contributed by atoms with van der Waals surface area (Å²) < 4.78 is 5.52. The highest BCUT2D eigenvalue weighted by Crippen LogP contribution is 2.27. The number of hydrogen-bond donors (Lipinski definition) is 1. The molecule has 2 atom stereocenters. The molecule has 0 bridgehead atoms. The minimum Gasteiger partial charge on any atom is -0.382 e. The largest absolute Gasteiger partial charge is 0.382 e. The molecule has 1 aromatic rings. The molecule has 3 rings (SSSR count). The van der Waals surface area contributed by atoms with E-state index in [0.29, 0.717) is 12.1 Å². The zero-order valence-corrected chi connectivity index (χ0v) is 12.5. The van der Waals surface area contributed by atoms with Crippen LogP contribution in [0.4, 0.5) is 11.4 Å². The minimum atomic E-state index is 0.433. The van der Waals surface area contributed by atoms with Gasteiger partial charge in [0.1, 0.15) is 0 Å². The second kappa shape index (κ2) is 6.49. The van der Waals surface area contributed by atoms with Gasteiger partial charge in [0.2, 0.25) is 0 Å². The topological polar surface area (TPSA) is 24.5 Å². The van der Waals surface area contributed by atoms with Crippen molar-refractivity contribution in [2.24, 2.45) is 0 Å². The summed E-state index contributed by atoms with van der Waals surface area (Å²) in [5.41, 5.74) is 2.63. The molecule has 0 aromatic heterocycles. The first-order valence-corrected chi connectivity index (χ1v) is 7.99. The van der Waals surface area contributed by atoms with Crippen LogP contribution in [-0.2, 0) is 4.74 Å². The predicted octanol–water partition coefficient (Wildman–Crippen LogP) is 3.66. The van der Waals surface area contributed by atoms with Gasteiger partial charge >= 0.3 is 0 Å². The van der Waals surface area contributed by atoms with E-state index in [0.717, 1.165) is 6.42 Å². The van der Waals surface area contributed by atoms with E-state index in [4.69, 9.17) is 4.74 Å². The lowest BCUT2D eigenvalue weighted by atomic mass is 9.92. The highest BCUT2D eigenvalue weighted by atomic mass is 16.5. The molecule has 2 aliphatic rings. The summed E-state index contributed by atoms with van der Waals surface area (Å²) >= 11 is 0. The third-order valence-electron chi connectivity index (χ3n) is 4.65. The fourth-order valence-electron chi connectivity index (χ4n) is 3.49. The quantitative estimate of drug-likeness (QED) is 0.907. The van der Waals surface area contributed by atoms with Crippen LogP contribution in [0.2, 0.25) is 0 Å². The van der Waals surface area contributed by atoms with Crippen molar-refractivity contribution in [3.8, 4) is 0 Å². The molecule has 0 spiro atoms. The van der Waals surface area contributed by atoms with Gasteiger partial charge in [-0.2, -0.15) is 0 Å². The Morgan fingerprint density at radius 1 is 1.15 bits per heavy atom. The van der Waals surface area contributed by atoms with Crippen LogP contribution in [-0.4, -0.2) is 32.3 Å². The lowest BCUT2D eigenvalue weighted by Gasteiger charge is -2.30. The number of rotatable bonds is 4. The van der Waals surface area contributed by atoms with Crippen molar-refractivity contribution in [2.75, 3.05) is 30.4 Å². The van der Waals surface area contributed by atoms with Crippen LogP contribution in [0.3, 0.4) is 0 Å². The number of nitrogens with zero attached hydrogens (tertiary/aromatic N) is 1. The summed E-state index contributed by atoms with van der Waals surface area (Å²) in [5.74, 6) is 0. The second-order valence-corrected chi connectivity index (χ2v) is 6.11. The molecule has 2 unspecified atom stereocenters. The van der Waals surface area contributed by atoms with E-state index < -0.39 is 0 Å². The Bertz CT molecular complexity index is 429. The molecule has 20 heavy (non-hydrogen) atoms. The third-order valence-corrected chi connectivity index (χ3v) is 4.65. The van der Waals surface area contributed by atoms with Crippen LogP contribution in [0.15, 0.2) is 24.3 Å². The standard InChI is InChI=1S/C17H26N2O/c1-20-17-9-5-7-15(13-17)18-14-6-4-8-16(12-14)19-10-2-3-11-19/h4,6,8,12,15,17-18H,2-3,5,7,9-11,13H2,1H3. The monoisotopic (exact) mass is 274 g/mol. The Labute approximate surface area is 122 Å². The molecule has 1 saturated heterocycles. The lowest BCUT2D eigenvalue weighted by molar-refractivity contribution is 0.0669. The van der Waals surface area contributed by atoms with Gasteiger partial charge in [-0.25, -0.2) is 0 Å². The maximum Gasteiger partial charge on any atom is 0.0590 e. The van der Waals surface area contributed by atoms with Crippen molar-refractivity contribution < 1.29 is 4.74 Å². The highest BCUT2D eigenvalue weighted by Gasteiger charge is 2.21. The van der Waals surface area contributed by atoms with E-state index in [-0.39, 0.29) is 0 Å². The molecule has 110 valence electrons. The van der Waals surface area contributed by atoms with E-state index >= 15 is 0 Å². The van der Waals surface area contributed by atoms with Gasteiger partial charge in [-0.15, -0.1) is 0 Å². The highest BCUT2D eigenvalue weighted by molar-refractivity contribution is 5.58. The smallest absolute Gasteiger partial charge is 0.0590 e. The fraction of sp³-hybridized carbons (Fsp3) is 0.647. The number of benzene rings is 1. The number of ether oxygens (including phenoxy) is 1. The molecule has 1 heterocycles. The summed E-state index contributed by atoms with van der Waals surface area (Å²) in [4.78, 5) is 2.49. The van der Waals surface area contributed by atoms with Gasteiger partial charge in [0.15, 0.2) is 0 Å². The Kier molecular flexibility index (Phi) is 4.46. The van der Waals surface area contributed by atoms with E-state index in [1.807, 2.05) is 7.11 Å². The van der Waals surface area contributed by atoms with E-state index in [2.05, 4.69) is 34.5 Å². The Hall–Kier alpha value is -1.22. The first-order valence-electron chi connectivity index (χ1n) is 7.99. The van der Waals surface area contributed by atoms with Crippen molar-refractivity contribution in [3.05, 3.63) is 24.3 Å². The van der Waals surface area contributed by atoms with Crippen LogP contribution in [0.5, 0.6) is 0 Å². The zero-order chi connectivity index (χ0) is 13.8. The summed E-state index contributed by atoms with van der Waals surface area (Å²) in [6.07, 6.45) is 7.96. The summed E-state index contributed by atoms with van der Waals surface area (Å²) in [5, 5.41) is 3.70. The average Bonchev–Trinajstić information content (AvgIpc) is 3.02. The number of nitrogens with one attached hydrogen (secondary N) is 1. The van der Waals surface area contributed by atoms with Gasteiger partial charge in [-0.1, -0.05) is 6.07 Å². The molecule has 1 aromatic carbocycles. The minimum absolute atomic E-state index is 0.433. The van der Waals surface area contributed by atoms with Gasteiger partial charge in [-0.05, 0) is 56.7 Å². The predicted molar refractivity (Wildman–Crippen MR) is 84.6 cm³/mol. The number of hydrogen-bond acceptors (Lipinski definition) is 3. The van der Waals surface area contributed by atoms with Crippen LogP contribution < -0.4 is 10.2 Å². The van der Waals surface area contributed by atoms with E-state index in [1.54, 1.807) is 0 Å². The third kappa shape index (κ3) is 3.26. The van der Waals surface area contributed by atoms with Crippen molar-refractivity contribution in [3.63, 3.8) is 0 Å². The van der Waals surface area contributed by atoms with Gasteiger partial charge < -0.3 is 15.0 Å². The molecule has 1 N–H and O–H groups in total. The molecular weight excluding hydrogens is 248 g/mol. The molecule has 3 nitrogen and oxygen atoms in total. The van der Waals surface area contributed by atoms with Gasteiger partial charge in [-0.3, -0.25) is 0 Å². The molecule has 2 fully saturated rings. The second-order valence-electron chi connectivity index (χ2n) is 6.11. The summed E-state index contributed by atoms with van der Waals surface area (Å²) in [7, 11) is 1.83. The van der Waals surface area contributed by atoms with Crippen molar-refractivity contribution in [2.45, 2.75) is 50.7 Å². The molecule has 3 heteroatoms. The van der Waals surface area contributed by atoms with Crippen LogP contribution in [0, 0.1) is 0 Å². The average molecular weight is 274 g/mol. The SMILES string of the molecule is COC1CCCC(Nc2cccc(N3CCCC3)c2)C1. The first kappa shape index (κ1) is 13.7. The van der Waals surface area contributed by atoms with Crippen molar-refractivity contribution in [1.82, 2.24) is 0 Å². The van der Waals surface area contributed by atoms with Crippen molar-refractivity contribution in [1.29, 1.82) is 0 Å². The Morgan fingerprint density at radius 3 is 2.80 bits per heavy atom. The number of methoxy groups -OCH3 is 1. The first-order chi connectivity index (χ1) is 9.85. The maximum atomic E-state index is 5.52. The fourth-order valence-corrected chi connectivity index (χ4v) is 3.49. The maximum absolute atomic E-state index is 5.52. The molecule has 1 saturated carbocycles. The van der Waals surface area contributed by atoms with Gasteiger partial charge in [0, 0.05) is 37.6 Å². The van der Waals surface area contributed by atoms with Gasteiger partial charge in [0.25, 0.3) is 0 Å². The normalized spacial score (nSPS) is 26.8. The molecule has 1 aliphatic carbocycles. The van der Waals surface area contributed by atoms with Crippen LogP contribution >= 0.6 is 0 Å². The molecule has 1 aliphatic heterocycles.